The normalized spacial score (nSPS) is 9.42. The lowest BCUT2D eigenvalue weighted by Gasteiger charge is -2.15. The topological polar surface area (TPSA) is 103 Å². The van der Waals surface area contributed by atoms with Gasteiger partial charge in [-0.25, -0.2) is 5.84 Å². The number of anilines is 1. The summed E-state index contributed by atoms with van der Waals surface area (Å²) < 4.78 is 11.0. The zero-order chi connectivity index (χ0) is 19.5. The summed E-state index contributed by atoms with van der Waals surface area (Å²) in [7, 11) is 1.90. The zero-order valence-corrected chi connectivity index (χ0v) is 15.5. The van der Waals surface area contributed by atoms with Crippen LogP contribution in [0.5, 0.6) is 11.5 Å². The molecule has 0 bridgehead atoms. The highest BCUT2D eigenvalue weighted by Gasteiger charge is 2.08. The number of esters is 1. The SMILES string of the molecule is CNc1cccc(C)c1COc1ccc(OC(C)=O)cc1C.NNC=O. The number of benzene rings is 2. The largest absolute Gasteiger partial charge is 0.489 e. The maximum Gasteiger partial charge on any atom is 0.308 e. The van der Waals surface area contributed by atoms with Crippen LogP contribution in [0.3, 0.4) is 0 Å². The molecule has 7 nitrogen and oxygen atoms in total. The van der Waals surface area contributed by atoms with E-state index >= 15 is 0 Å². The number of amides is 1. The van der Waals surface area contributed by atoms with Crippen LogP contribution in [0.2, 0.25) is 0 Å². The Labute approximate surface area is 153 Å². The fraction of sp³-hybridized carbons (Fsp3) is 0.263. The third-order valence-electron chi connectivity index (χ3n) is 3.53. The van der Waals surface area contributed by atoms with Crippen molar-refractivity contribution in [1.82, 2.24) is 5.43 Å². The van der Waals surface area contributed by atoms with E-state index < -0.39 is 0 Å². The van der Waals surface area contributed by atoms with Gasteiger partial charge < -0.3 is 14.8 Å². The first-order valence-electron chi connectivity index (χ1n) is 8.00. The molecule has 0 aliphatic carbocycles. The van der Waals surface area contributed by atoms with Crippen molar-refractivity contribution < 1.29 is 19.1 Å². The summed E-state index contributed by atoms with van der Waals surface area (Å²) in [5.74, 6) is 5.39. The Balaban J connectivity index is 0.000000765. The number of carbonyl (C=O) groups excluding carboxylic acids is 2. The third-order valence-corrected chi connectivity index (χ3v) is 3.53. The Morgan fingerprint density at radius 3 is 2.42 bits per heavy atom. The molecule has 26 heavy (non-hydrogen) atoms. The Hall–Kier alpha value is -3.06. The van der Waals surface area contributed by atoms with E-state index in [2.05, 4.69) is 24.1 Å². The van der Waals surface area contributed by atoms with Gasteiger partial charge in [0, 0.05) is 25.2 Å². The first-order chi connectivity index (χ1) is 12.4. The fourth-order valence-corrected chi connectivity index (χ4v) is 2.29. The van der Waals surface area contributed by atoms with Crippen LogP contribution >= 0.6 is 0 Å². The summed E-state index contributed by atoms with van der Waals surface area (Å²) in [6, 6.07) is 11.5. The summed E-state index contributed by atoms with van der Waals surface area (Å²) >= 11 is 0. The number of hydrogen-bond donors (Lipinski definition) is 3. The van der Waals surface area contributed by atoms with Gasteiger partial charge in [-0.3, -0.25) is 15.0 Å². The summed E-state index contributed by atoms with van der Waals surface area (Å²) in [6.07, 6.45) is 0.403. The van der Waals surface area contributed by atoms with Crippen LogP contribution in [0.25, 0.3) is 0 Å². The minimum Gasteiger partial charge on any atom is -0.489 e. The molecule has 0 aliphatic rings. The molecule has 0 spiro atoms. The number of carbonyl (C=O) groups is 2. The molecule has 0 atom stereocenters. The number of nitrogens with two attached hydrogens (primary N) is 1. The van der Waals surface area contributed by atoms with Gasteiger partial charge in [0.25, 0.3) is 0 Å². The molecule has 0 heterocycles. The maximum atomic E-state index is 11.0. The predicted octanol–water partition coefficient (Wildman–Crippen LogP) is 2.46. The Bertz CT molecular complexity index is 748. The van der Waals surface area contributed by atoms with Crippen LogP contribution in [0.4, 0.5) is 5.69 Å². The van der Waals surface area contributed by atoms with Crippen LogP contribution in [0.15, 0.2) is 36.4 Å². The van der Waals surface area contributed by atoms with Crippen LogP contribution in [-0.4, -0.2) is 19.4 Å². The first-order valence-corrected chi connectivity index (χ1v) is 8.00. The average molecular weight is 359 g/mol. The molecule has 0 fully saturated rings. The molecule has 4 N–H and O–H groups in total. The van der Waals surface area contributed by atoms with Crippen molar-refractivity contribution in [1.29, 1.82) is 0 Å². The zero-order valence-electron chi connectivity index (χ0n) is 15.5. The molecular weight excluding hydrogens is 334 g/mol. The van der Waals surface area contributed by atoms with Gasteiger partial charge in [0.15, 0.2) is 0 Å². The molecule has 0 unspecified atom stereocenters. The van der Waals surface area contributed by atoms with Gasteiger partial charge in [-0.2, -0.15) is 0 Å². The lowest BCUT2D eigenvalue weighted by atomic mass is 10.1. The molecule has 0 aromatic heterocycles. The number of hydrogen-bond acceptors (Lipinski definition) is 6. The number of aryl methyl sites for hydroxylation is 2. The molecule has 140 valence electrons. The van der Waals surface area contributed by atoms with Crippen molar-refractivity contribution in [3.05, 3.63) is 53.1 Å². The van der Waals surface area contributed by atoms with Gasteiger partial charge in [0.05, 0.1) is 0 Å². The van der Waals surface area contributed by atoms with E-state index in [-0.39, 0.29) is 5.97 Å². The van der Waals surface area contributed by atoms with E-state index in [1.807, 2.05) is 32.2 Å². The van der Waals surface area contributed by atoms with Gasteiger partial charge in [0.2, 0.25) is 6.41 Å². The van der Waals surface area contributed by atoms with E-state index in [0.717, 1.165) is 22.6 Å². The number of rotatable bonds is 6. The van der Waals surface area contributed by atoms with E-state index in [0.29, 0.717) is 18.8 Å². The second kappa shape index (κ2) is 10.7. The molecule has 0 saturated carbocycles. The molecule has 7 heteroatoms. The standard InChI is InChI=1S/C18H21NO3.CH4N2O/c1-12-6-5-7-17(19-4)16(12)11-21-18-9-8-15(10-13(18)2)22-14(3)20;2-3-1-4/h5-10,19H,11H2,1-4H3;1H,2H2,(H,3,4). The Morgan fingerprint density at radius 2 is 1.88 bits per heavy atom. The van der Waals surface area contributed by atoms with Crippen LogP contribution in [-0.2, 0) is 16.2 Å². The van der Waals surface area contributed by atoms with Crippen molar-refractivity contribution in [2.75, 3.05) is 12.4 Å². The Kier molecular flexibility index (Phi) is 8.66. The highest BCUT2D eigenvalue weighted by molar-refractivity contribution is 5.69. The molecule has 2 aromatic carbocycles. The van der Waals surface area contributed by atoms with Crippen LogP contribution < -0.4 is 26.1 Å². The van der Waals surface area contributed by atoms with E-state index in [9.17, 15) is 4.79 Å². The van der Waals surface area contributed by atoms with Crippen LogP contribution in [0, 0.1) is 13.8 Å². The summed E-state index contributed by atoms with van der Waals surface area (Å²) in [5, 5.41) is 3.18. The van der Waals surface area contributed by atoms with Crippen molar-refractivity contribution in [3.8, 4) is 11.5 Å². The lowest BCUT2D eigenvalue weighted by molar-refractivity contribution is -0.131. The van der Waals surface area contributed by atoms with Crippen molar-refractivity contribution in [3.63, 3.8) is 0 Å². The van der Waals surface area contributed by atoms with Gasteiger partial charge in [-0.1, -0.05) is 12.1 Å². The van der Waals surface area contributed by atoms with Crippen molar-refractivity contribution in [2.24, 2.45) is 5.84 Å². The summed E-state index contributed by atoms with van der Waals surface area (Å²) in [4.78, 5) is 19.9. The summed E-state index contributed by atoms with van der Waals surface area (Å²) in [5.41, 5.74) is 6.06. The molecule has 0 aliphatic heterocycles. The first kappa shape index (κ1) is 21.0. The fourth-order valence-electron chi connectivity index (χ4n) is 2.29. The molecular formula is C19H25N3O4. The molecule has 0 radical (unpaired) electrons. The van der Waals surface area contributed by atoms with Crippen molar-refractivity contribution >= 4 is 18.1 Å². The van der Waals surface area contributed by atoms with Crippen molar-refractivity contribution in [2.45, 2.75) is 27.4 Å². The quantitative estimate of drug-likeness (QED) is 0.183. The second-order valence-corrected chi connectivity index (χ2v) is 5.45. The monoisotopic (exact) mass is 359 g/mol. The average Bonchev–Trinajstić information content (AvgIpc) is 2.61. The molecule has 2 rings (SSSR count). The van der Waals surface area contributed by atoms with Gasteiger partial charge in [-0.15, -0.1) is 0 Å². The number of hydrazine groups is 1. The molecule has 1 amide bonds. The second-order valence-electron chi connectivity index (χ2n) is 5.45. The maximum absolute atomic E-state index is 11.0. The number of ether oxygens (including phenoxy) is 2. The van der Waals surface area contributed by atoms with Gasteiger partial charge in [-0.05, 0) is 49.2 Å². The minimum atomic E-state index is -0.327. The molecule has 0 saturated heterocycles. The van der Waals surface area contributed by atoms with E-state index in [1.165, 1.54) is 12.5 Å². The van der Waals surface area contributed by atoms with Crippen LogP contribution in [0.1, 0.15) is 23.6 Å². The smallest absolute Gasteiger partial charge is 0.308 e. The highest BCUT2D eigenvalue weighted by Crippen LogP contribution is 2.26. The highest BCUT2D eigenvalue weighted by atomic mass is 16.5. The van der Waals surface area contributed by atoms with Gasteiger partial charge >= 0.3 is 5.97 Å². The Morgan fingerprint density at radius 1 is 1.19 bits per heavy atom. The van der Waals surface area contributed by atoms with E-state index in [1.54, 1.807) is 17.6 Å². The van der Waals surface area contributed by atoms with E-state index in [4.69, 9.17) is 14.3 Å². The summed E-state index contributed by atoms with van der Waals surface area (Å²) in [6.45, 7) is 5.86. The molecule has 2 aromatic rings. The number of nitrogens with one attached hydrogen (secondary N) is 2. The lowest BCUT2D eigenvalue weighted by Crippen LogP contribution is -2.18. The minimum absolute atomic E-state index is 0.327. The van der Waals surface area contributed by atoms with Gasteiger partial charge in [0.1, 0.15) is 18.1 Å². The third kappa shape index (κ3) is 6.45. The predicted molar refractivity (Wildman–Crippen MR) is 101 cm³/mol.